The van der Waals surface area contributed by atoms with Gasteiger partial charge in [-0.05, 0) is 48.2 Å². The van der Waals surface area contributed by atoms with E-state index < -0.39 is 0 Å². The van der Waals surface area contributed by atoms with Crippen LogP contribution in [0.4, 0.5) is 5.69 Å². The molecule has 0 aliphatic heterocycles. The standard InChI is InChI=1S/C21H21N5O2/c27-20(17-6-4-15(5-7-17)12-26-14-22-13-24-26)23-11-16-2-1-3-19(10-16)25-21(28)18-8-9-18/h1-7,10,13-14,18H,8-9,11-12H2,(H,23,27)(H,25,28). The van der Waals surface area contributed by atoms with E-state index in [9.17, 15) is 9.59 Å². The highest BCUT2D eigenvalue weighted by Gasteiger charge is 2.29. The fraction of sp³-hybridized carbons (Fsp3) is 0.238. The van der Waals surface area contributed by atoms with Gasteiger partial charge in [0.2, 0.25) is 5.91 Å². The van der Waals surface area contributed by atoms with Gasteiger partial charge >= 0.3 is 0 Å². The highest BCUT2D eigenvalue weighted by molar-refractivity contribution is 5.95. The van der Waals surface area contributed by atoms with Gasteiger partial charge in [0, 0.05) is 23.7 Å². The summed E-state index contributed by atoms with van der Waals surface area (Å²) in [5, 5.41) is 9.91. The van der Waals surface area contributed by atoms with E-state index in [1.54, 1.807) is 23.1 Å². The summed E-state index contributed by atoms with van der Waals surface area (Å²) < 4.78 is 1.73. The van der Waals surface area contributed by atoms with Crippen LogP contribution in [0.3, 0.4) is 0 Å². The quantitative estimate of drug-likeness (QED) is 0.664. The molecule has 0 atom stereocenters. The predicted molar refractivity (Wildman–Crippen MR) is 105 cm³/mol. The highest BCUT2D eigenvalue weighted by Crippen LogP contribution is 2.30. The number of hydrogen-bond acceptors (Lipinski definition) is 4. The van der Waals surface area contributed by atoms with Crippen molar-refractivity contribution in [1.82, 2.24) is 20.1 Å². The smallest absolute Gasteiger partial charge is 0.251 e. The summed E-state index contributed by atoms with van der Waals surface area (Å²) in [6.45, 7) is 1.01. The zero-order chi connectivity index (χ0) is 19.3. The molecular formula is C21H21N5O2. The average Bonchev–Trinajstić information content (AvgIpc) is 3.45. The molecular weight excluding hydrogens is 354 g/mol. The Morgan fingerprint density at radius 1 is 1.07 bits per heavy atom. The molecule has 1 fully saturated rings. The van der Waals surface area contributed by atoms with Crippen molar-refractivity contribution in [3.8, 4) is 0 Å². The molecule has 3 aromatic rings. The Morgan fingerprint density at radius 3 is 2.61 bits per heavy atom. The van der Waals surface area contributed by atoms with Gasteiger partial charge in [0.15, 0.2) is 0 Å². The van der Waals surface area contributed by atoms with Crippen molar-refractivity contribution in [2.24, 2.45) is 5.92 Å². The van der Waals surface area contributed by atoms with Gasteiger partial charge in [-0.25, -0.2) is 9.67 Å². The average molecular weight is 375 g/mol. The minimum atomic E-state index is -0.139. The summed E-state index contributed by atoms with van der Waals surface area (Å²) in [5.74, 6) is 0.0998. The number of nitrogens with one attached hydrogen (secondary N) is 2. The van der Waals surface area contributed by atoms with Gasteiger partial charge in [0.05, 0.1) is 6.54 Å². The van der Waals surface area contributed by atoms with Gasteiger partial charge in [-0.2, -0.15) is 5.10 Å². The summed E-state index contributed by atoms with van der Waals surface area (Å²) in [6.07, 6.45) is 5.09. The van der Waals surface area contributed by atoms with Crippen molar-refractivity contribution < 1.29 is 9.59 Å². The molecule has 2 amide bonds. The number of aromatic nitrogens is 3. The second-order valence-corrected chi connectivity index (χ2v) is 6.94. The van der Waals surface area contributed by atoms with Crippen molar-refractivity contribution in [2.45, 2.75) is 25.9 Å². The lowest BCUT2D eigenvalue weighted by Gasteiger charge is -2.09. The van der Waals surface area contributed by atoms with Crippen LogP contribution < -0.4 is 10.6 Å². The maximum absolute atomic E-state index is 12.4. The van der Waals surface area contributed by atoms with E-state index in [4.69, 9.17) is 0 Å². The Hall–Kier alpha value is -3.48. The second-order valence-electron chi connectivity index (χ2n) is 6.94. The molecule has 2 aromatic carbocycles. The number of carbonyl (C=O) groups excluding carboxylic acids is 2. The van der Waals surface area contributed by atoms with Crippen LogP contribution in [0.2, 0.25) is 0 Å². The Labute approximate surface area is 162 Å². The van der Waals surface area contributed by atoms with Crippen molar-refractivity contribution in [3.63, 3.8) is 0 Å². The number of hydrogen-bond donors (Lipinski definition) is 2. The van der Waals surface area contributed by atoms with Gasteiger partial charge in [-0.3, -0.25) is 9.59 Å². The molecule has 2 N–H and O–H groups in total. The normalized spacial score (nSPS) is 13.1. The summed E-state index contributed by atoms with van der Waals surface area (Å²) in [5.41, 5.74) is 3.34. The molecule has 0 spiro atoms. The Balaban J connectivity index is 1.31. The zero-order valence-electron chi connectivity index (χ0n) is 15.3. The fourth-order valence-electron chi connectivity index (χ4n) is 2.90. The molecule has 28 heavy (non-hydrogen) atoms. The Kier molecular flexibility index (Phi) is 5.14. The molecule has 1 saturated carbocycles. The largest absolute Gasteiger partial charge is 0.348 e. The molecule has 1 aliphatic carbocycles. The van der Waals surface area contributed by atoms with Crippen LogP contribution in [0, 0.1) is 5.92 Å². The third-order valence-corrected chi connectivity index (χ3v) is 4.62. The second kappa shape index (κ2) is 8.04. The van der Waals surface area contributed by atoms with E-state index in [0.717, 1.165) is 29.7 Å². The monoisotopic (exact) mass is 375 g/mol. The van der Waals surface area contributed by atoms with E-state index >= 15 is 0 Å². The van der Waals surface area contributed by atoms with Gasteiger partial charge in [-0.1, -0.05) is 24.3 Å². The maximum atomic E-state index is 12.4. The van der Waals surface area contributed by atoms with Gasteiger partial charge in [0.1, 0.15) is 12.7 Å². The number of carbonyl (C=O) groups is 2. The topological polar surface area (TPSA) is 88.9 Å². The molecule has 0 saturated heterocycles. The van der Waals surface area contributed by atoms with E-state index in [2.05, 4.69) is 20.7 Å². The molecule has 7 heteroatoms. The number of benzene rings is 2. The molecule has 1 aliphatic rings. The maximum Gasteiger partial charge on any atom is 0.251 e. The van der Waals surface area contributed by atoms with E-state index in [0.29, 0.717) is 18.7 Å². The summed E-state index contributed by atoms with van der Waals surface area (Å²) in [4.78, 5) is 28.2. The van der Waals surface area contributed by atoms with E-state index in [1.807, 2.05) is 36.4 Å². The van der Waals surface area contributed by atoms with E-state index in [-0.39, 0.29) is 17.7 Å². The summed E-state index contributed by atoms with van der Waals surface area (Å²) in [6, 6.07) is 15.0. The Morgan fingerprint density at radius 2 is 1.89 bits per heavy atom. The molecule has 0 radical (unpaired) electrons. The van der Waals surface area contributed by atoms with Crippen molar-refractivity contribution in [2.75, 3.05) is 5.32 Å². The van der Waals surface area contributed by atoms with Crippen LogP contribution >= 0.6 is 0 Å². The molecule has 4 rings (SSSR count). The lowest BCUT2D eigenvalue weighted by molar-refractivity contribution is -0.117. The SMILES string of the molecule is O=C(NCc1cccc(NC(=O)C2CC2)c1)c1ccc(Cn2cncn2)cc1. The van der Waals surface area contributed by atoms with Crippen LogP contribution in [-0.2, 0) is 17.9 Å². The molecule has 0 unspecified atom stereocenters. The first-order valence-electron chi connectivity index (χ1n) is 9.27. The van der Waals surface area contributed by atoms with Crippen LogP contribution in [-0.4, -0.2) is 26.6 Å². The first kappa shape index (κ1) is 17.9. The summed E-state index contributed by atoms with van der Waals surface area (Å²) in [7, 11) is 0. The number of amides is 2. The van der Waals surface area contributed by atoms with Gasteiger partial charge in [-0.15, -0.1) is 0 Å². The third-order valence-electron chi connectivity index (χ3n) is 4.62. The van der Waals surface area contributed by atoms with Gasteiger partial charge < -0.3 is 10.6 Å². The minimum absolute atomic E-state index is 0.0761. The van der Waals surface area contributed by atoms with Crippen molar-refractivity contribution >= 4 is 17.5 Å². The number of anilines is 1. The van der Waals surface area contributed by atoms with Crippen LogP contribution in [0.5, 0.6) is 0 Å². The fourth-order valence-corrected chi connectivity index (χ4v) is 2.90. The minimum Gasteiger partial charge on any atom is -0.348 e. The van der Waals surface area contributed by atoms with Crippen molar-refractivity contribution in [3.05, 3.63) is 77.9 Å². The molecule has 7 nitrogen and oxygen atoms in total. The first-order chi connectivity index (χ1) is 13.7. The third kappa shape index (κ3) is 4.62. The number of nitrogens with zero attached hydrogens (tertiary/aromatic N) is 3. The highest BCUT2D eigenvalue weighted by atomic mass is 16.2. The molecule has 1 aromatic heterocycles. The number of rotatable bonds is 7. The Bertz CT molecular complexity index is 963. The summed E-state index contributed by atoms with van der Waals surface area (Å²) >= 11 is 0. The van der Waals surface area contributed by atoms with Crippen molar-refractivity contribution in [1.29, 1.82) is 0 Å². The molecule has 1 heterocycles. The zero-order valence-corrected chi connectivity index (χ0v) is 15.3. The van der Waals surface area contributed by atoms with Crippen LogP contribution in [0.25, 0.3) is 0 Å². The van der Waals surface area contributed by atoms with Crippen LogP contribution in [0.15, 0.2) is 61.2 Å². The molecule has 0 bridgehead atoms. The lowest BCUT2D eigenvalue weighted by Crippen LogP contribution is -2.23. The first-order valence-corrected chi connectivity index (χ1v) is 9.27. The molecule has 142 valence electrons. The predicted octanol–water partition coefficient (Wildman–Crippen LogP) is 2.60. The lowest BCUT2D eigenvalue weighted by atomic mass is 10.1. The van der Waals surface area contributed by atoms with Crippen LogP contribution in [0.1, 0.15) is 34.3 Å². The van der Waals surface area contributed by atoms with Gasteiger partial charge in [0.25, 0.3) is 5.91 Å². The van der Waals surface area contributed by atoms with E-state index in [1.165, 1.54) is 6.33 Å².